The van der Waals surface area contributed by atoms with Crippen LogP contribution in [0.4, 0.5) is 15.3 Å². The van der Waals surface area contributed by atoms with Crippen molar-refractivity contribution in [2.45, 2.75) is 38.8 Å². The molecular weight excluding hydrogens is 402 g/mol. The number of nitriles is 1. The van der Waals surface area contributed by atoms with Crippen LogP contribution in [-0.4, -0.2) is 60.1 Å². The van der Waals surface area contributed by atoms with E-state index in [4.69, 9.17) is 4.74 Å². The summed E-state index contributed by atoms with van der Waals surface area (Å²) < 4.78 is 5.48. The number of hydrogen-bond acceptors (Lipinski definition) is 7. The van der Waals surface area contributed by atoms with Gasteiger partial charge in [0.15, 0.2) is 5.41 Å². The van der Waals surface area contributed by atoms with Crippen LogP contribution < -0.4 is 15.5 Å². The van der Waals surface area contributed by atoms with Crippen LogP contribution in [0.3, 0.4) is 0 Å². The first kappa shape index (κ1) is 20.7. The van der Waals surface area contributed by atoms with E-state index >= 15 is 0 Å². The zero-order valence-corrected chi connectivity index (χ0v) is 17.5. The van der Waals surface area contributed by atoms with E-state index in [0.717, 1.165) is 5.69 Å². The van der Waals surface area contributed by atoms with Gasteiger partial charge in [-0.3, -0.25) is 20.2 Å². The zero-order chi connectivity index (χ0) is 22.6. The van der Waals surface area contributed by atoms with Gasteiger partial charge in [-0.05, 0) is 51.0 Å². The first-order valence-electron chi connectivity index (χ1n) is 9.99. The first-order valence-corrected chi connectivity index (χ1v) is 9.99. The molecule has 1 aromatic rings. The van der Waals surface area contributed by atoms with Crippen LogP contribution in [0.2, 0.25) is 0 Å². The van der Waals surface area contributed by atoms with Gasteiger partial charge in [-0.15, -0.1) is 0 Å². The predicted molar refractivity (Wildman–Crippen MR) is 108 cm³/mol. The van der Waals surface area contributed by atoms with Crippen LogP contribution in [0.15, 0.2) is 18.2 Å². The number of piperazine rings is 1. The Kier molecular flexibility index (Phi) is 4.65. The Hall–Kier alpha value is -3.61. The number of benzene rings is 1. The third kappa shape index (κ3) is 3.36. The summed E-state index contributed by atoms with van der Waals surface area (Å²) in [5, 5.41) is 13.7. The normalized spacial score (nSPS) is 22.1. The van der Waals surface area contributed by atoms with Crippen molar-refractivity contribution in [2.24, 2.45) is 5.41 Å². The highest BCUT2D eigenvalue weighted by molar-refractivity contribution is 6.20. The lowest BCUT2D eigenvalue weighted by Gasteiger charge is -2.54. The molecule has 0 bridgehead atoms. The number of nitrogens with one attached hydrogen (secondary N) is 2. The Labute approximate surface area is 179 Å². The molecule has 1 spiro atoms. The maximum Gasteiger partial charge on any atom is 0.410 e. The molecule has 2 N–H and O–H groups in total. The van der Waals surface area contributed by atoms with Gasteiger partial charge in [0, 0.05) is 25.3 Å². The van der Waals surface area contributed by atoms with E-state index < -0.39 is 41.0 Å². The third-order valence-electron chi connectivity index (χ3n) is 5.85. The lowest BCUT2D eigenvalue weighted by molar-refractivity contribution is -0.147. The van der Waals surface area contributed by atoms with Crippen molar-refractivity contribution in [1.29, 1.82) is 5.26 Å². The number of ether oxygens (including phenoxy) is 1. The summed E-state index contributed by atoms with van der Waals surface area (Å²) >= 11 is 0. The molecule has 0 aromatic heterocycles. The minimum absolute atomic E-state index is 0.00608. The number of carbonyl (C=O) groups is 4. The Bertz CT molecular complexity index is 1020. The van der Waals surface area contributed by atoms with Gasteiger partial charge in [0.05, 0.1) is 17.7 Å². The highest BCUT2D eigenvalue weighted by Gasteiger charge is 2.61. The second-order valence-corrected chi connectivity index (χ2v) is 8.98. The van der Waals surface area contributed by atoms with E-state index in [1.165, 1.54) is 4.90 Å². The van der Waals surface area contributed by atoms with Gasteiger partial charge >= 0.3 is 12.1 Å². The largest absolute Gasteiger partial charge is 0.444 e. The second-order valence-electron chi connectivity index (χ2n) is 8.98. The summed E-state index contributed by atoms with van der Waals surface area (Å²) in [6.07, 6.45) is -0.521. The lowest BCUT2D eigenvalue weighted by atomic mass is 9.68. The van der Waals surface area contributed by atoms with E-state index in [9.17, 15) is 24.4 Å². The highest BCUT2D eigenvalue weighted by Crippen LogP contribution is 2.44. The number of amides is 5. The van der Waals surface area contributed by atoms with Gasteiger partial charge in [0.2, 0.25) is 11.8 Å². The molecule has 10 nitrogen and oxygen atoms in total. The van der Waals surface area contributed by atoms with Crippen LogP contribution >= 0.6 is 0 Å². The van der Waals surface area contributed by atoms with E-state index in [-0.39, 0.29) is 13.0 Å². The zero-order valence-electron chi connectivity index (χ0n) is 17.5. The van der Waals surface area contributed by atoms with E-state index in [0.29, 0.717) is 24.2 Å². The third-order valence-corrected chi connectivity index (χ3v) is 5.85. The fourth-order valence-electron chi connectivity index (χ4n) is 4.51. The van der Waals surface area contributed by atoms with Crippen molar-refractivity contribution in [3.8, 4) is 6.07 Å². The molecule has 2 fully saturated rings. The van der Waals surface area contributed by atoms with Crippen molar-refractivity contribution in [2.75, 3.05) is 24.5 Å². The van der Waals surface area contributed by atoms with Crippen LogP contribution in [0.1, 0.15) is 31.9 Å². The molecule has 3 aliphatic heterocycles. The predicted octanol–water partition coefficient (Wildman–Crippen LogP) is 0.892. The Morgan fingerprint density at radius 3 is 2.48 bits per heavy atom. The number of rotatable bonds is 0. The van der Waals surface area contributed by atoms with E-state index in [1.54, 1.807) is 39.0 Å². The number of barbiturate groups is 1. The highest BCUT2D eigenvalue weighted by atomic mass is 16.6. The van der Waals surface area contributed by atoms with Crippen molar-refractivity contribution < 1.29 is 23.9 Å². The number of nitrogens with zero attached hydrogens (tertiary/aromatic N) is 3. The Balaban J connectivity index is 1.77. The van der Waals surface area contributed by atoms with Gasteiger partial charge < -0.3 is 14.5 Å². The molecule has 162 valence electrons. The van der Waals surface area contributed by atoms with Gasteiger partial charge in [-0.2, -0.15) is 5.26 Å². The van der Waals surface area contributed by atoms with Crippen LogP contribution in [0.5, 0.6) is 0 Å². The van der Waals surface area contributed by atoms with Crippen LogP contribution in [0.25, 0.3) is 0 Å². The van der Waals surface area contributed by atoms with E-state index in [2.05, 4.69) is 16.7 Å². The summed E-state index contributed by atoms with van der Waals surface area (Å²) in [6.45, 7) is 6.06. The van der Waals surface area contributed by atoms with E-state index in [1.807, 2.05) is 4.90 Å². The van der Waals surface area contributed by atoms with Crippen molar-refractivity contribution >= 4 is 29.6 Å². The Morgan fingerprint density at radius 1 is 1.19 bits per heavy atom. The monoisotopic (exact) mass is 425 g/mol. The van der Waals surface area contributed by atoms with Gasteiger partial charge in [-0.25, -0.2) is 9.59 Å². The molecule has 0 aliphatic carbocycles. The molecule has 4 rings (SSSR count). The molecule has 31 heavy (non-hydrogen) atoms. The summed E-state index contributed by atoms with van der Waals surface area (Å²) in [6, 6.07) is 5.62. The fourth-order valence-corrected chi connectivity index (χ4v) is 4.51. The molecule has 2 saturated heterocycles. The SMILES string of the molecule is CC(C)(C)OC(=O)N1CCN2c3ccc(C#N)cc3CC3(C(=O)NC(=O)NC3=O)C2C1. The van der Waals surface area contributed by atoms with Crippen LogP contribution in [0, 0.1) is 16.7 Å². The molecular formula is C21H23N5O5. The number of imide groups is 2. The minimum Gasteiger partial charge on any atom is -0.444 e. The van der Waals surface area contributed by atoms with Crippen molar-refractivity contribution in [3.05, 3.63) is 29.3 Å². The average Bonchev–Trinajstić information content (AvgIpc) is 2.69. The molecule has 1 unspecified atom stereocenters. The molecule has 1 aromatic carbocycles. The van der Waals surface area contributed by atoms with Crippen LogP contribution in [-0.2, 0) is 20.7 Å². The molecule has 1 atom stereocenters. The second kappa shape index (κ2) is 6.97. The summed E-state index contributed by atoms with van der Waals surface area (Å²) in [5.74, 6) is -1.43. The molecule has 0 saturated carbocycles. The maximum absolute atomic E-state index is 13.1. The number of anilines is 1. The number of hydrogen-bond donors (Lipinski definition) is 2. The molecule has 5 amide bonds. The van der Waals surface area contributed by atoms with Gasteiger partial charge in [-0.1, -0.05) is 0 Å². The summed E-state index contributed by atoms with van der Waals surface area (Å²) in [4.78, 5) is 54.0. The summed E-state index contributed by atoms with van der Waals surface area (Å²) in [7, 11) is 0. The number of carbonyl (C=O) groups excluding carboxylic acids is 4. The summed E-state index contributed by atoms with van der Waals surface area (Å²) in [5.41, 5.74) is -0.440. The van der Waals surface area contributed by atoms with Gasteiger partial charge in [0.1, 0.15) is 5.60 Å². The molecule has 0 radical (unpaired) electrons. The van der Waals surface area contributed by atoms with Crippen molar-refractivity contribution in [1.82, 2.24) is 15.5 Å². The first-order chi connectivity index (χ1) is 14.5. The number of urea groups is 1. The maximum atomic E-state index is 13.1. The number of fused-ring (bicyclic) bond motifs is 4. The average molecular weight is 425 g/mol. The fraction of sp³-hybridized carbons (Fsp3) is 0.476. The molecule has 10 heteroatoms. The molecule has 3 heterocycles. The lowest BCUT2D eigenvalue weighted by Crippen LogP contribution is -2.75. The smallest absolute Gasteiger partial charge is 0.410 e. The topological polar surface area (TPSA) is 132 Å². The van der Waals surface area contributed by atoms with Crippen molar-refractivity contribution in [3.63, 3.8) is 0 Å². The quantitative estimate of drug-likeness (QED) is 0.590. The standard InChI is InChI=1S/C21H23N5O5/c1-20(2,3)31-19(30)25-6-7-26-14-5-4-12(10-22)8-13(14)9-21(15(26)11-25)16(27)23-18(29)24-17(21)28/h4-5,8,15H,6-7,9,11H2,1-3H3,(H2,23,24,27,28,29). The van der Waals surface area contributed by atoms with Gasteiger partial charge in [0.25, 0.3) is 0 Å². The minimum atomic E-state index is -1.63. The Morgan fingerprint density at radius 2 is 1.87 bits per heavy atom. The molecule has 3 aliphatic rings.